The van der Waals surface area contributed by atoms with Crippen LogP contribution in [0.5, 0.6) is 5.75 Å². The molecule has 0 fully saturated rings. The van der Waals surface area contributed by atoms with Crippen molar-refractivity contribution >= 4 is 15.9 Å². The smallest absolute Gasteiger partial charge is 0.168 e. The van der Waals surface area contributed by atoms with Gasteiger partial charge in [-0.3, -0.25) is 0 Å². The van der Waals surface area contributed by atoms with Gasteiger partial charge in [0, 0.05) is 10.5 Å². The van der Waals surface area contributed by atoms with Crippen molar-refractivity contribution < 1.29 is 9.13 Å². The second kappa shape index (κ2) is 7.05. The molecule has 0 aliphatic carbocycles. The van der Waals surface area contributed by atoms with Crippen molar-refractivity contribution in [1.29, 1.82) is 0 Å². The van der Waals surface area contributed by atoms with Crippen LogP contribution in [0.25, 0.3) is 0 Å². The van der Waals surface area contributed by atoms with Gasteiger partial charge >= 0.3 is 0 Å². The quantitative estimate of drug-likeness (QED) is 0.861. The number of halogens is 2. The third kappa shape index (κ3) is 3.44. The molecule has 0 aliphatic heterocycles. The highest BCUT2D eigenvalue weighted by Crippen LogP contribution is 2.29. The van der Waals surface area contributed by atoms with E-state index in [9.17, 15) is 4.39 Å². The Labute approximate surface area is 133 Å². The van der Waals surface area contributed by atoms with E-state index in [4.69, 9.17) is 4.74 Å². The van der Waals surface area contributed by atoms with Crippen LogP contribution in [-0.2, 0) is 6.42 Å². The third-order valence-electron chi connectivity index (χ3n) is 3.72. The van der Waals surface area contributed by atoms with Crippen LogP contribution < -0.4 is 10.1 Å². The normalized spacial score (nSPS) is 12.2. The zero-order valence-electron chi connectivity index (χ0n) is 12.4. The standard InChI is InChI=1S/C17H19BrFNO/c1-11-13(7-5-8-14(11)18)15(20-2)10-12-6-4-9-16(21-3)17(12)19/h4-9,15,20H,10H2,1-3H3. The molecule has 4 heteroatoms. The van der Waals surface area contributed by atoms with Crippen molar-refractivity contribution in [2.75, 3.05) is 14.2 Å². The summed E-state index contributed by atoms with van der Waals surface area (Å²) in [6, 6.07) is 11.4. The van der Waals surface area contributed by atoms with Crippen molar-refractivity contribution in [3.05, 3.63) is 63.4 Å². The summed E-state index contributed by atoms with van der Waals surface area (Å²) in [7, 11) is 3.37. The molecule has 0 saturated carbocycles. The summed E-state index contributed by atoms with van der Waals surface area (Å²) in [6.07, 6.45) is 0.566. The minimum atomic E-state index is -0.284. The van der Waals surface area contributed by atoms with E-state index in [1.807, 2.05) is 25.2 Å². The van der Waals surface area contributed by atoms with E-state index in [2.05, 4.69) is 34.2 Å². The summed E-state index contributed by atoms with van der Waals surface area (Å²) < 4.78 is 20.4. The Balaban J connectivity index is 2.34. The lowest BCUT2D eigenvalue weighted by atomic mass is 9.95. The molecule has 0 saturated heterocycles. The summed E-state index contributed by atoms with van der Waals surface area (Å²) in [5, 5.41) is 3.27. The summed E-state index contributed by atoms with van der Waals surface area (Å²) in [4.78, 5) is 0. The number of rotatable bonds is 5. The van der Waals surface area contributed by atoms with Gasteiger partial charge in [0.1, 0.15) is 0 Å². The minimum Gasteiger partial charge on any atom is -0.494 e. The van der Waals surface area contributed by atoms with E-state index in [1.165, 1.54) is 12.7 Å². The predicted octanol–water partition coefficient (Wildman–Crippen LogP) is 4.41. The maximum absolute atomic E-state index is 14.3. The topological polar surface area (TPSA) is 21.3 Å². The molecule has 0 amide bonds. The van der Waals surface area contributed by atoms with Gasteiger partial charge < -0.3 is 10.1 Å². The molecule has 0 heterocycles. The zero-order valence-corrected chi connectivity index (χ0v) is 14.0. The van der Waals surface area contributed by atoms with Crippen LogP contribution in [0.4, 0.5) is 4.39 Å². The van der Waals surface area contributed by atoms with E-state index in [0.29, 0.717) is 12.0 Å². The number of benzene rings is 2. The van der Waals surface area contributed by atoms with Gasteiger partial charge in [0.25, 0.3) is 0 Å². The van der Waals surface area contributed by atoms with Crippen LogP contribution in [0.2, 0.25) is 0 Å². The first-order valence-electron chi connectivity index (χ1n) is 6.82. The lowest BCUT2D eigenvalue weighted by molar-refractivity contribution is 0.383. The highest BCUT2D eigenvalue weighted by Gasteiger charge is 2.17. The summed E-state index contributed by atoms with van der Waals surface area (Å²) in [5.74, 6) is 0.00113. The van der Waals surface area contributed by atoms with Gasteiger partial charge in [-0.1, -0.05) is 40.2 Å². The molecule has 0 radical (unpaired) electrons. The highest BCUT2D eigenvalue weighted by molar-refractivity contribution is 9.10. The lowest BCUT2D eigenvalue weighted by Gasteiger charge is -2.20. The molecule has 0 aliphatic rings. The predicted molar refractivity (Wildman–Crippen MR) is 87.3 cm³/mol. The molecule has 2 nitrogen and oxygen atoms in total. The summed E-state index contributed by atoms with van der Waals surface area (Å²) in [6.45, 7) is 2.06. The molecule has 1 unspecified atom stereocenters. The maximum atomic E-state index is 14.3. The Kier molecular flexibility index (Phi) is 5.37. The fraction of sp³-hybridized carbons (Fsp3) is 0.294. The van der Waals surface area contributed by atoms with Gasteiger partial charge in [0.2, 0.25) is 0 Å². The molecule has 112 valence electrons. The van der Waals surface area contributed by atoms with Crippen LogP contribution >= 0.6 is 15.9 Å². The number of ether oxygens (including phenoxy) is 1. The number of hydrogen-bond donors (Lipinski definition) is 1. The second-order valence-electron chi connectivity index (χ2n) is 4.93. The molecule has 2 aromatic rings. The summed E-state index contributed by atoms with van der Waals surface area (Å²) in [5.41, 5.74) is 2.97. The lowest BCUT2D eigenvalue weighted by Crippen LogP contribution is -2.20. The first-order valence-corrected chi connectivity index (χ1v) is 7.61. The zero-order chi connectivity index (χ0) is 15.4. The van der Waals surface area contributed by atoms with Crippen LogP contribution in [0.1, 0.15) is 22.7 Å². The number of hydrogen-bond acceptors (Lipinski definition) is 2. The van der Waals surface area contributed by atoms with Crippen molar-refractivity contribution in [1.82, 2.24) is 5.32 Å². The van der Waals surface area contributed by atoms with Crippen molar-refractivity contribution in [2.45, 2.75) is 19.4 Å². The van der Waals surface area contributed by atoms with E-state index < -0.39 is 0 Å². The summed E-state index contributed by atoms with van der Waals surface area (Å²) >= 11 is 3.54. The van der Waals surface area contributed by atoms with E-state index in [1.54, 1.807) is 12.1 Å². The van der Waals surface area contributed by atoms with Gasteiger partial charge in [0.05, 0.1) is 7.11 Å². The van der Waals surface area contributed by atoms with Gasteiger partial charge in [-0.05, 0) is 49.2 Å². The molecule has 1 N–H and O–H groups in total. The largest absolute Gasteiger partial charge is 0.494 e. The van der Waals surface area contributed by atoms with E-state index >= 15 is 0 Å². The SMILES string of the molecule is CNC(Cc1cccc(OC)c1F)c1cccc(Br)c1C. The molecule has 1 atom stereocenters. The molecular formula is C17H19BrFNO. The minimum absolute atomic E-state index is 0.0455. The average molecular weight is 352 g/mol. The van der Waals surface area contributed by atoms with E-state index in [-0.39, 0.29) is 17.6 Å². The highest BCUT2D eigenvalue weighted by atomic mass is 79.9. The molecule has 0 bridgehead atoms. The van der Waals surface area contributed by atoms with Crippen LogP contribution in [0.15, 0.2) is 40.9 Å². The fourth-order valence-corrected chi connectivity index (χ4v) is 2.84. The van der Waals surface area contributed by atoms with E-state index in [0.717, 1.165) is 10.0 Å². The molecule has 21 heavy (non-hydrogen) atoms. The van der Waals surface area contributed by atoms with Crippen molar-refractivity contribution in [3.8, 4) is 5.75 Å². The fourth-order valence-electron chi connectivity index (χ4n) is 2.46. The van der Waals surface area contributed by atoms with Crippen LogP contribution in [0.3, 0.4) is 0 Å². The number of nitrogens with one attached hydrogen (secondary N) is 1. The van der Waals surface area contributed by atoms with Crippen LogP contribution in [0, 0.1) is 12.7 Å². The third-order valence-corrected chi connectivity index (χ3v) is 4.58. The number of likely N-dealkylation sites (N-methyl/N-ethyl adjacent to an activating group) is 1. The van der Waals surface area contributed by atoms with Gasteiger partial charge in [-0.15, -0.1) is 0 Å². The molecular weight excluding hydrogens is 333 g/mol. The Bertz CT molecular complexity index is 630. The Morgan fingerprint density at radius 3 is 2.62 bits per heavy atom. The first-order chi connectivity index (χ1) is 10.1. The van der Waals surface area contributed by atoms with Gasteiger partial charge in [-0.2, -0.15) is 0 Å². The average Bonchev–Trinajstić information content (AvgIpc) is 2.49. The van der Waals surface area contributed by atoms with Gasteiger partial charge in [0.15, 0.2) is 11.6 Å². The molecule has 2 aromatic carbocycles. The molecule has 0 spiro atoms. The Morgan fingerprint density at radius 1 is 1.24 bits per heavy atom. The van der Waals surface area contributed by atoms with Crippen LogP contribution in [-0.4, -0.2) is 14.2 Å². The van der Waals surface area contributed by atoms with Crippen molar-refractivity contribution in [2.24, 2.45) is 0 Å². The Hall–Kier alpha value is -1.39. The second-order valence-corrected chi connectivity index (χ2v) is 5.79. The monoisotopic (exact) mass is 351 g/mol. The first kappa shape index (κ1) is 16.0. The molecule has 0 aromatic heterocycles. The van der Waals surface area contributed by atoms with Crippen molar-refractivity contribution in [3.63, 3.8) is 0 Å². The Morgan fingerprint density at radius 2 is 1.95 bits per heavy atom. The number of methoxy groups -OCH3 is 1. The maximum Gasteiger partial charge on any atom is 0.168 e. The molecule has 2 rings (SSSR count). The van der Waals surface area contributed by atoms with Gasteiger partial charge in [-0.25, -0.2) is 4.39 Å².